The quantitative estimate of drug-likeness (QED) is 0.519. The van der Waals surface area contributed by atoms with Crippen LogP contribution in [0, 0.1) is 6.92 Å². The van der Waals surface area contributed by atoms with Crippen LogP contribution in [0.1, 0.15) is 26.5 Å². The molecule has 7 nitrogen and oxygen atoms in total. The number of benzene rings is 1. The monoisotopic (exact) mass is 466 g/mol. The predicted molar refractivity (Wildman–Crippen MR) is 122 cm³/mol. The Kier molecular flexibility index (Phi) is 6.26. The van der Waals surface area contributed by atoms with E-state index in [1.165, 1.54) is 24.5 Å². The van der Waals surface area contributed by atoms with Crippen molar-refractivity contribution in [1.82, 2.24) is 9.97 Å². The first-order valence-corrected chi connectivity index (χ1v) is 11.8. The van der Waals surface area contributed by atoms with Gasteiger partial charge in [-0.15, -0.1) is 0 Å². The zero-order valence-electron chi connectivity index (χ0n) is 17.3. The average molecular weight is 467 g/mol. The van der Waals surface area contributed by atoms with Crippen LogP contribution in [0.3, 0.4) is 0 Å². The number of hydrogen-bond donors (Lipinski definition) is 2. The van der Waals surface area contributed by atoms with E-state index in [0.29, 0.717) is 10.6 Å². The Hall–Kier alpha value is -2.36. The number of sulfonamides is 1. The van der Waals surface area contributed by atoms with Crippen molar-refractivity contribution in [1.29, 1.82) is 0 Å². The third kappa shape index (κ3) is 5.03. The van der Waals surface area contributed by atoms with Gasteiger partial charge in [0.15, 0.2) is 5.13 Å². The molecule has 0 fully saturated rings. The fraction of sp³-hybridized carbons (Fsp3) is 0.300. The third-order valence-corrected chi connectivity index (χ3v) is 6.77. The highest BCUT2D eigenvalue weighted by atomic mass is 35.5. The number of nitrogens with one attached hydrogen (secondary N) is 2. The van der Waals surface area contributed by atoms with Gasteiger partial charge < -0.3 is 10.1 Å². The minimum Gasteiger partial charge on any atom is -0.480 e. The number of para-hydroxylation sites is 1. The second kappa shape index (κ2) is 8.41. The second-order valence-electron chi connectivity index (χ2n) is 7.63. The predicted octanol–water partition coefficient (Wildman–Crippen LogP) is 5.19. The maximum Gasteiger partial charge on any atom is 0.267 e. The number of hydrogen-bond acceptors (Lipinski definition) is 7. The van der Waals surface area contributed by atoms with Crippen molar-refractivity contribution < 1.29 is 13.2 Å². The lowest BCUT2D eigenvalue weighted by Gasteiger charge is -2.19. The first-order valence-electron chi connectivity index (χ1n) is 9.07. The molecule has 0 radical (unpaired) electrons. The zero-order chi connectivity index (χ0) is 22.1. The number of anilines is 2. The fourth-order valence-electron chi connectivity index (χ4n) is 2.68. The molecule has 30 heavy (non-hydrogen) atoms. The van der Waals surface area contributed by atoms with Crippen LogP contribution in [-0.4, -0.2) is 31.0 Å². The van der Waals surface area contributed by atoms with Crippen LogP contribution in [0.25, 0.3) is 10.4 Å². The molecular weight excluding hydrogens is 444 g/mol. The smallest absolute Gasteiger partial charge is 0.267 e. The highest BCUT2D eigenvalue weighted by molar-refractivity contribution is 7.92. The molecule has 0 atom stereocenters. The minimum atomic E-state index is -4.00. The van der Waals surface area contributed by atoms with Crippen molar-refractivity contribution in [3.8, 4) is 16.3 Å². The molecule has 0 amide bonds. The van der Waals surface area contributed by atoms with Crippen molar-refractivity contribution >= 4 is 43.8 Å². The first kappa shape index (κ1) is 22.3. The van der Waals surface area contributed by atoms with Gasteiger partial charge in [0.05, 0.1) is 28.4 Å². The Morgan fingerprint density at radius 3 is 2.53 bits per heavy atom. The molecule has 3 rings (SSSR count). The topological polar surface area (TPSA) is 93.2 Å². The number of aryl methyl sites for hydroxylation is 1. The summed E-state index contributed by atoms with van der Waals surface area (Å²) in [5.74, 6) is -0.00601. The molecule has 0 spiro atoms. The number of ether oxygens (including phenoxy) is 1. The van der Waals surface area contributed by atoms with Crippen molar-refractivity contribution in [2.45, 2.75) is 38.1 Å². The van der Waals surface area contributed by atoms with E-state index in [0.717, 1.165) is 15.7 Å². The van der Waals surface area contributed by atoms with Crippen molar-refractivity contribution in [3.63, 3.8) is 0 Å². The van der Waals surface area contributed by atoms with E-state index in [1.54, 1.807) is 30.5 Å². The molecule has 160 valence electrons. The summed E-state index contributed by atoms with van der Waals surface area (Å²) in [6.07, 6.45) is 1.58. The lowest BCUT2D eigenvalue weighted by Crippen LogP contribution is -2.25. The normalized spacial score (nSPS) is 11.9. The number of halogens is 1. The molecule has 1 aromatic carbocycles. The van der Waals surface area contributed by atoms with Gasteiger partial charge in [0.25, 0.3) is 10.0 Å². The molecule has 0 unspecified atom stereocenters. The largest absolute Gasteiger partial charge is 0.480 e. The molecule has 0 saturated heterocycles. The SMILES string of the molecule is COc1ncc(-c2sc(NC(C)(C)C)nc2C)cc1S(=O)(=O)Nc1ccccc1Cl. The van der Waals surface area contributed by atoms with Gasteiger partial charge in [-0.05, 0) is 45.9 Å². The molecule has 0 aliphatic rings. The van der Waals surface area contributed by atoms with Gasteiger partial charge in [0.1, 0.15) is 4.90 Å². The Balaban J connectivity index is 2.03. The van der Waals surface area contributed by atoms with Crippen molar-refractivity contribution in [2.24, 2.45) is 0 Å². The molecule has 0 saturated carbocycles. The summed E-state index contributed by atoms with van der Waals surface area (Å²) in [6, 6.07) is 8.14. The number of aromatic nitrogens is 2. The van der Waals surface area contributed by atoms with Crippen molar-refractivity contribution in [3.05, 3.63) is 47.2 Å². The summed E-state index contributed by atoms with van der Waals surface area (Å²) in [7, 11) is -2.62. The van der Waals surface area contributed by atoms with Crippen LogP contribution >= 0.6 is 22.9 Å². The van der Waals surface area contributed by atoms with E-state index in [-0.39, 0.29) is 22.0 Å². The van der Waals surface area contributed by atoms with Gasteiger partial charge in [-0.3, -0.25) is 4.72 Å². The van der Waals surface area contributed by atoms with Crippen LogP contribution < -0.4 is 14.8 Å². The molecule has 2 aromatic heterocycles. The van der Waals surface area contributed by atoms with Gasteiger partial charge >= 0.3 is 0 Å². The maximum atomic E-state index is 13.1. The van der Waals surface area contributed by atoms with Gasteiger partial charge in [0.2, 0.25) is 5.88 Å². The molecule has 0 bridgehead atoms. The second-order valence-corrected chi connectivity index (χ2v) is 10.7. The number of methoxy groups -OCH3 is 1. The molecule has 0 aliphatic heterocycles. The van der Waals surface area contributed by atoms with Gasteiger partial charge in [-0.25, -0.2) is 18.4 Å². The van der Waals surface area contributed by atoms with Crippen LogP contribution in [-0.2, 0) is 10.0 Å². The van der Waals surface area contributed by atoms with E-state index in [2.05, 4.69) is 20.0 Å². The van der Waals surface area contributed by atoms with Gasteiger partial charge in [-0.2, -0.15) is 0 Å². The first-order chi connectivity index (χ1) is 14.0. The van der Waals surface area contributed by atoms with Crippen LogP contribution in [0.15, 0.2) is 41.4 Å². The molecular formula is C20H23ClN4O3S2. The maximum absolute atomic E-state index is 13.1. The average Bonchev–Trinajstić information content (AvgIpc) is 3.01. The van der Waals surface area contributed by atoms with E-state index < -0.39 is 10.0 Å². The summed E-state index contributed by atoms with van der Waals surface area (Å²) >= 11 is 7.55. The lowest BCUT2D eigenvalue weighted by atomic mass is 10.1. The number of rotatable bonds is 6. The Morgan fingerprint density at radius 1 is 1.20 bits per heavy atom. The van der Waals surface area contributed by atoms with E-state index in [1.807, 2.05) is 27.7 Å². The number of nitrogens with zero attached hydrogens (tertiary/aromatic N) is 2. The van der Waals surface area contributed by atoms with Crippen molar-refractivity contribution in [2.75, 3.05) is 17.1 Å². The molecule has 2 N–H and O–H groups in total. The Bertz CT molecular complexity index is 1170. The zero-order valence-corrected chi connectivity index (χ0v) is 19.7. The molecule has 3 aromatic rings. The highest BCUT2D eigenvalue weighted by Crippen LogP contribution is 2.36. The lowest BCUT2D eigenvalue weighted by molar-refractivity contribution is 0.385. The fourth-order valence-corrected chi connectivity index (χ4v) is 5.30. The summed E-state index contributed by atoms with van der Waals surface area (Å²) in [5, 5.41) is 4.38. The highest BCUT2D eigenvalue weighted by Gasteiger charge is 2.24. The minimum absolute atomic E-state index is 0.00601. The Labute approximate surface area is 185 Å². The van der Waals surface area contributed by atoms with E-state index >= 15 is 0 Å². The van der Waals surface area contributed by atoms with E-state index in [4.69, 9.17) is 16.3 Å². The van der Waals surface area contributed by atoms with Crippen LogP contribution in [0.2, 0.25) is 5.02 Å². The van der Waals surface area contributed by atoms with Crippen LogP contribution in [0.4, 0.5) is 10.8 Å². The molecule has 10 heteroatoms. The number of pyridine rings is 1. The van der Waals surface area contributed by atoms with Gasteiger partial charge in [0, 0.05) is 17.3 Å². The standard InChI is InChI=1S/C20H23ClN4O3S2/c1-12-17(29-19(23-12)24-20(2,3)4)13-10-16(18(28-5)22-11-13)30(26,27)25-15-9-7-6-8-14(15)21/h6-11,25H,1-5H3,(H,23,24). The number of thiazole rings is 1. The van der Waals surface area contributed by atoms with Crippen LogP contribution in [0.5, 0.6) is 5.88 Å². The summed E-state index contributed by atoms with van der Waals surface area (Å²) < 4.78 is 33.9. The summed E-state index contributed by atoms with van der Waals surface area (Å²) in [4.78, 5) is 9.51. The third-order valence-electron chi connectivity index (χ3n) is 3.96. The summed E-state index contributed by atoms with van der Waals surface area (Å²) in [5.41, 5.74) is 1.54. The molecule has 0 aliphatic carbocycles. The Morgan fingerprint density at radius 2 is 1.90 bits per heavy atom. The molecule has 2 heterocycles. The van der Waals surface area contributed by atoms with E-state index in [9.17, 15) is 8.42 Å². The summed E-state index contributed by atoms with van der Waals surface area (Å²) in [6.45, 7) is 8.01. The van der Waals surface area contributed by atoms with Gasteiger partial charge in [-0.1, -0.05) is 35.1 Å².